The molecule has 1 fully saturated rings. The molecule has 0 aliphatic carbocycles. The topological polar surface area (TPSA) is 58.2 Å². The first-order valence-corrected chi connectivity index (χ1v) is 7.62. The fourth-order valence-electron chi connectivity index (χ4n) is 1.70. The lowest BCUT2D eigenvalue weighted by Crippen LogP contribution is -2.26. The largest absolute Gasteiger partial charge is 0.352 e. The van der Waals surface area contributed by atoms with Gasteiger partial charge < -0.3 is 10.6 Å². The van der Waals surface area contributed by atoms with Crippen molar-refractivity contribution in [1.29, 1.82) is 0 Å². The van der Waals surface area contributed by atoms with Crippen molar-refractivity contribution < 1.29 is 9.59 Å². The normalized spacial score (nSPS) is 17.4. The molecule has 4 nitrogen and oxygen atoms in total. The van der Waals surface area contributed by atoms with E-state index in [1.54, 1.807) is 30.0 Å². The summed E-state index contributed by atoms with van der Waals surface area (Å²) >= 11 is 1.76. The number of thioether (sulfide) groups is 1. The highest BCUT2D eigenvalue weighted by molar-refractivity contribution is 7.98. The van der Waals surface area contributed by atoms with Crippen LogP contribution in [-0.2, 0) is 9.59 Å². The monoisotopic (exact) mass is 280 g/mol. The van der Waals surface area contributed by atoms with E-state index in [0.717, 1.165) is 17.7 Å². The third kappa shape index (κ3) is 5.79. The molecule has 0 saturated carbocycles. The zero-order valence-corrected chi connectivity index (χ0v) is 12.0. The molecule has 1 aliphatic rings. The molecule has 1 aliphatic heterocycles. The molecule has 1 rings (SSSR count). The van der Waals surface area contributed by atoms with Gasteiger partial charge in [-0.05, 0) is 30.1 Å². The Morgan fingerprint density at radius 1 is 1.58 bits per heavy atom. The molecule has 1 saturated heterocycles. The smallest absolute Gasteiger partial charge is 0.251 e. The van der Waals surface area contributed by atoms with Gasteiger partial charge in [0, 0.05) is 25.1 Å². The molecule has 5 heteroatoms. The van der Waals surface area contributed by atoms with Gasteiger partial charge in [0.25, 0.3) is 5.91 Å². The van der Waals surface area contributed by atoms with E-state index in [1.165, 1.54) is 0 Å². The van der Waals surface area contributed by atoms with Crippen LogP contribution in [0.15, 0.2) is 36.0 Å². The van der Waals surface area contributed by atoms with E-state index >= 15 is 0 Å². The molecule has 0 radical (unpaired) electrons. The lowest BCUT2D eigenvalue weighted by molar-refractivity contribution is -0.119. The molecule has 0 aromatic heterocycles. The second-order valence-corrected chi connectivity index (χ2v) is 5.20. The molecule has 0 unspecified atom stereocenters. The van der Waals surface area contributed by atoms with Crippen LogP contribution in [0.2, 0.25) is 0 Å². The van der Waals surface area contributed by atoms with Gasteiger partial charge in [0.1, 0.15) is 0 Å². The Bertz CT molecular complexity index is 414. The number of allylic oxidation sites excluding steroid dienone is 2. The van der Waals surface area contributed by atoms with Crippen molar-refractivity contribution in [3.05, 3.63) is 36.0 Å². The second kappa shape index (κ2) is 8.58. The standard InChI is InChI=1S/C14H20N2O2S/c1-3-5-12(8-11-9-13(17)16-10-11)14(18)15-6-4-7-19-2/h3,5,8H,1,4,6-7,9-10H2,2H3,(H,15,18)(H,16,17)/b11-8-,12-5+. The summed E-state index contributed by atoms with van der Waals surface area (Å²) in [5, 5.41) is 5.59. The minimum Gasteiger partial charge on any atom is -0.352 e. The number of nitrogens with one attached hydrogen (secondary N) is 2. The van der Waals surface area contributed by atoms with E-state index in [2.05, 4.69) is 17.2 Å². The fraction of sp³-hybridized carbons (Fsp3) is 0.429. The highest BCUT2D eigenvalue weighted by Gasteiger charge is 2.15. The number of amides is 2. The Morgan fingerprint density at radius 3 is 2.95 bits per heavy atom. The summed E-state index contributed by atoms with van der Waals surface area (Å²) in [6.45, 7) is 4.79. The van der Waals surface area contributed by atoms with Crippen molar-refractivity contribution >= 4 is 23.6 Å². The quantitative estimate of drug-likeness (QED) is 0.421. The number of hydrogen-bond donors (Lipinski definition) is 2. The van der Waals surface area contributed by atoms with E-state index < -0.39 is 0 Å². The minimum absolute atomic E-state index is 0.00424. The summed E-state index contributed by atoms with van der Waals surface area (Å²) in [6, 6.07) is 0. The summed E-state index contributed by atoms with van der Waals surface area (Å²) in [4.78, 5) is 23.1. The Balaban J connectivity index is 2.57. The molecule has 0 bridgehead atoms. The van der Waals surface area contributed by atoms with E-state index in [9.17, 15) is 9.59 Å². The molecule has 0 atom stereocenters. The molecular formula is C14H20N2O2S. The molecule has 19 heavy (non-hydrogen) atoms. The van der Waals surface area contributed by atoms with Crippen molar-refractivity contribution in [2.45, 2.75) is 12.8 Å². The summed E-state index contributed by atoms with van der Waals surface area (Å²) in [7, 11) is 0. The zero-order valence-electron chi connectivity index (χ0n) is 11.2. The SMILES string of the molecule is C=C/C=C(\C=C1/CNC(=O)C1)C(=O)NCCCSC. The third-order valence-corrected chi connectivity index (χ3v) is 3.33. The Labute approximate surface area is 118 Å². The predicted molar refractivity (Wildman–Crippen MR) is 80.0 cm³/mol. The van der Waals surface area contributed by atoms with E-state index in [1.807, 2.05) is 6.26 Å². The van der Waals surface area contributed by atoms with Gasteiger partial charge in [-0.3, -0.25) is 9.59 Å². The Morgan fingerprint density at radius 2 is 2.37 bits per heavy atom. The van der Waals surface area contributed by atoms with Crippen LogP contribution < -0.4 is 10.6 Å². The van der Waals surface area contributed by atoms with E-state index in [-0.39, 0.29) is 11.8 Å². The van der Waals surface area contributed by atoms with Gasteiger partial charge in [0.15, 0.2) is 0 Å². The van der Waals surface area contributed by atoms with Crippen molar-refractivity contribution in [2.24, 2.45) is 0 Å². The third-order valence-electron chi connectivity index (χ3n) is 2.63. The van der Waals surface area contributed by atoms with Crippen molar-refractivity contribution in [3.63, 3.8) is 0 Å². The maximum atomic E-state index is 12.0. The molecule has 0 aromatic carbocycles. The van der Waals surface area contributed by atoms with Crippen LogP contribution in [-0.4, -0.2) is 36.9 Å². The average molecular weight is 280 g/mol. The second-order valence-electron chi connectivity index (χ2n) is 4.22. The summed E-state index contributed by atoms with van der Waals surface area (Å²) < 4.78 is 0. The predicted octanol–water partition coefficient (Wildman–Crippen LogP) is 1.41. The van der Waals surface area contributed by atoms with Crippen LogP contribution in [0, 0.1) is 0 Å². The van der Waals surface area contributed by atoms with Crippen molar-refractivity contribution in [1.82, 2.24) is 10.6 Å². The summed E-state index contributed by atoms with van der Waals surface area (Å²) in [6.07, 6.45) is 8.37. The molecule has 0 aromatic rings. The van der Waals surface area contributed by atoms with Gasteiger partial charge in [-0.25, -0.2) is 0 Å². The van der Waals surface area contributed by atoms with Crippen LogP contribution in [0.1, 0.15) is 12.8 Å². The fourth-order valence-corrected chi connectivity index (χ4v) is 2.14. The Hall–Kier alpha value is -1.49. The number of rotatable bonds is 7. The van der Waals surface area contributed by atoms with Gasteiger partial charge in [-0.1, -0.05) is 18.7 Å². The molecule has 2 amide bonds. The van der Waals surface area contributed by atoms with Gasteiger partial charge in [0.2, 0.25) is 5.91 Å². The van der Waals surface area contributed by atoms with Gasteiger partial charge >= 0.3 is 0 Å². The lowest BCUT2D eigenvalue weighted by Gasteiger charge is -2.06. The average Bonchev–Trinajstić information content (AvgIpc) is 2.79. The van der Waals surface area contributed by atoms with Crippen LogP contribution >= 0.6 is 11.8 Å². The van der Waals surface area contributed by atoms with E-state index in [0.29, 0.717) is 25.1 Å². The number of carbonyl (C=O) groups is 2. The first-order valence-electron chi connectivity index (χ1n) is 6.23. The van der Waals surface area contributed by atoms with Crippen LogP contribution in [0.4, 0.5) is 0 Å². The first kappa shape index (κ1) is 15.6. The maximum absolute atomic E-state index is 12.0. The Kier molecular flexibility index (Phi) is 7.03. The number of carbonyl (C=O) groups excluding carboxylic acids is 2. The molecule has 0 spiro atoms. The van der Waals surface area contributed by atoms with Crippen molar-refractivity contribution in [2.75, 3.05) is 25.1 Å². The highest BCUT2D eigenvalue weighted by Crippen LogP contribution is 2.11. The maximum Gasteiger partial charge on any atom is 0.251 e. The molecular weight excluding hydrogens is 260 g/mol. The van der Waals surface area contributed by atoms with E-state index in [4.69, 9.17) is 0 Å². The van der Waals surface area contributed by atoms with Crippen LogP contribution in [0.5, 0.6) is 0 Å². The van der Waals surface area contributed by atoms with Crippen molar-refractivity contribution in [3.8, 4) is 0 Å². The van der Waals surface area contributed by atoms with Crippen LogP contribution in [0.25, 0.3) is 0 Å². The van der Waals surface area contributed by atoms with Crippen LogP contribution in [0.3, 0.4) is 0 Å². The molecule has 104 valence electrons. The molecule has 2 N–H and O–H groups in total. The summed E-state index contributed by atoms with van der Waals surface area (Å²) in [5.74, 6) is 0.915. The first-order chi connectivity index (χ1) is 9.17. The van der Waals surface area contributed by atoms with Gasteiger partial charge in [0.05, 0.1) is 0 Å². The lowest BCUT2D eigenvalue weighted by atomic mass is 10.1. The highest BCUT2D eigenvalue weighted by atomic mass is 32.2. The molecule has 1 heterocycles. The summed E-state index contributed by atoms with van der Waals surface area (Å²) in [5.41, 5.74) is 1.48. The van der Waals surface area contributed by atoms with Gasteiger partial charge in [-0.2, -0.15) is 11.8 Å². The zero-order chi connectivity index (χ0) is 14.1. The van der Waals surface area contributed by atoms with Gasteiger partial charge in [-0.15, -0.1) is 0 Å². The number of hydrogen-bond acceptors (Lipinski definition) is 3. The minimum atomic E-state index is -0.118.